The zero-order chi connectivity index (χ0) is 13.9. The standard InChI is InChI=1S/C17H19NO2/c19-14-9-8-13(17(20)10-14)11-18-16-7-3-5-12-4-1-2-6-15(12)16/h1-2,4,6,8-10,16,18-20H,3,5,7,11H2. The Bertz CT molecular complexity index is 610. The minimum Gasteiger partial charge on any atom is -0.508 e. The van der Waals surface area contributed by atoms with Crippen LogP contribution in [0.4, 0.5) is 0 Å². The Balaban J connectivity index is 1.73. The van der Waals surface area contributed by atoms with Gasteiger partial charge < -0.3 is 15.5 Å². The lowest BCUT2D eigenvalue weighted by Crippen LogP contribution is -2.24. The normalized spacial score (nSPS) is 17.7. The molecular weight excluding hydrogens is 250 g/mol. The third-order valence-electron chi connectivity index (χ3n) is 3.98. The number of rotatable bonds is 3. The fraction of sp³-hybridized carbons (Fsp3) is 0.294. The van der Waals surface area contributed by atoms with Crippen molar-refractivity contribution in [2.45, 2.75) is 31.8 Å². The van der Waals surface area contributed by atoms with Gasteiger partial charge in [0, 0.05) is 24.2 Å². The Hall–Kier alpha value is -2.00. The average molecular weight is 269 g/mol. The summed E-state index contributed by atoms with van der Waals surface area (Å²) in [6, 6.07) is 13.6. The van der Waals surface area contributed by atoms with E-state index in [4.69, 9.17) is 0 Å². The first-order valence-corrected chi connectivity index (χ1v) is 7.06. The lowest BCUT2D eigenvalue weighted by atomic mass is 9.87. The van der Waals surface area contributed by atoms with Gasteiger partial charge in [-0.1, -0.05) is 30.3 Å². The van der Waals surface area contributed by atoms with Gasteiger partial charge in [0.2, 0.25) is 0 Å². The molecule has 1 aliphatic carbocycles. The first-order chi connectivity index (χ1) is 9.74. The van der Waals surface area contributed by atoms with Crippen molar-refractivity contribution in [2.24, 2.45) is 0 Å². The predicted molar refractivity (Wildman–Crippen MR) is 78.7 cm³/mol. The number of phenols is 2. The predicted octanol–water partition coefficient (Wildman–Crippen LogP) is 3.27. The van der Waals surface area contributed by atoms with E-state index < -0.39 is 0 Å². The van der Waals surface area contributed by atoms with Crippen molar-refractivity contribution < 1.29 is 10.2 Å². The lowest BCUT2D eigenvalue weighted by molar-refractivity contribution is 0.429. The Morgan fingerprint density at radius 2 is 1.95 bits per heavy atom. The summed E-state index contributed by atoms with van der Waals surface area (Å²) in [7, 11) is 0. The quantitative estimate of drug-likeness (QED) is 0.801. The highest BCUT2D eigenvalue weighted by molar-refractivity contribution is 5.39. The van der Waals surface area contributed by atoms with Crippen LogP contribution in [0.3, 0.4) is 0 Å². The highest BCUT2D eigenvalue weighted by Gasteiger charge is 2.19. The van der Waals surface area contributed by atoms with Gasteiger partial charge in [-0.2, -0.15) is 0 Å². The molecule has 0 spiro atoms. The number of fused-ring (bicyclic) bond motifs is 1. The molecule has 3 rings (SSSR count). The number of nitrogens with one attached hydrogen (secondary N) is 1. The number of hydrogen-bond acceptors (Lipinski definition) is 3. The van der Waals surface area contributed by atoms with Crippen molar-refractivity contribution in [1.29, 1.82) is 0 Å². The molecule has 3 N–H and O–H groups in total. The maximum absolute atomic E-state index is 9.82. The molecule has 0 bridgehead atoms. The molecule has 1 unspecified atom stereocenters. The van der Waals surface area contributed by atoms with Gasteiger partial charge in [-0.15, -0.1) is 0 Å². The molecule has 1 aliphatic rings. The van der Waals surface area contributed by atoms with Crippen LogP contribution < -0.4 is 5.32 Å². The van der Waals surface area contributed by atoms with Crippen molar-refractivity contribution >= 4 is 0 Å². The summed E-state index contributed by atoms with van der Waals surface area (Å²) in [5.41, 5.74) is 3.61. The van der Waals surface area contributed by atoms with E-state index in [2.05, 4.69) is 29.6 Å². The van der Waals surface area contributed by atoms with Crippen LogP contribution in [0.25, 0.3) is 0 Å². The van der Waals surface area contributed by atoms with Crippen molar-refractivity contribution in [2.75, 3.05) is 0 Å². The van der Waals surface area contributed by atoms with Gasteiger partial charge in [0.1, 0.15) is 11.5 Å². The van der Waals surface area contributed by atoms with Crippen LogP contribution in [0.1, 0.15) is 35.6 Å². The molecule has 0 fully saturated rings. The second-order valence-corrected chi connectivity index (χ2v) is 5.34. The Morgan fingerprint density at radius 1 is 1.10 bits per heavy atom. The number of benzene rings is 2. The first kappa shape index (κ1) is 13.0. The van der Waals surface area contributed by atoms with Gasteiger partial charge in [-0.05, 0) is 36.5 Å². The van der Waals surface area contributed by atoms with Crippen molar-refractivity contribution in [3.63, 3.8) is 0 Å². The van der Waals surface area contributed by atoms with E-state index in [-0.39, 0.29) is 11.5 Å². The number of hydrogen-bond donors (Lipinski definition) is 3. The zero-order valence-corrected chi connectivity index (χ0v) is 11.3. The van der Waals surface area contributed by atoms with E-state index in [9.17, 15) is 10.2 Å². The maximum Gasteiger partial charge on any atom is 0.123 e. The van der Waals surface area contributed by atoms with Crippen molar-refractivity contribution in [1.82, 2.24) is 5.32 Å². The van der Waals surface area contributed by atoms with Crippen LogP contribution in [-0.4, -0.2) is 10.2 Å². The summed E-state index contributed by atoms with van der Waals surface area (Å²) in [6.45, 7) is 0.602. The maximum atomic E-state index is 9.82. The Kier molecular flexibility index (Phi) is 3.61. The van der Waals surface area contributed by atoms with Crippen LogP contribution in [-0.2, 0) is 13.0 Å². The molecule has 104 valence electrons. The summed E-state index contributed by atoms with van der Waals surface area (Å²) in [6.07, 6.45) is 3.46. The second kappa shape index (κ2) is 5.55. The smallest absolute Gasteiger partial charge is 0.123 e. The topological polar surface area (TPSA) is 52.5 Å². The number of phenolic OH excluding ortho intramolecular Hbond substituents is 2. The van der Waals surface area contributed by atoms with Gasteiger partial charge in [0.25, 0.3) is 0 Å². The van der Waals surface area contributed by atoms with Gasteiger partial charge in [-0.25, -0.2) is 0 Å². The summed E-state index contributed by atoms with van der Waals surface area (Å²) in [5, 5.41) is 22.6. The molecule has 20 heavy (non-hydrogen) atoms. The molecule has 3 heteroatoms. The molecule has 1 atom stereocenters. The summed E-state index contributed by atoms with van der Waals surface area (Å²) in [5.74, 6) is 0.232. The molecule has 0 aliphatic heterocycles. The van der Waals surface area contributed by atoms with Crippen LogP contribution in [0, 0.1) is 0 Å². The summed E-state index contributed by atoms with van der Waals surface area (Å²) >= 11 is 0. The first-order valence-electron chi connectivity index (χ1n) is 7.06. The fourth-order valence-corrected chi connectivity index (χ4v) is 2.90. The summed E-state index contributed by atoms with van der Waals surface area (Å²) in [4.78, 5) is 0. The Labute approximate surface area is 118 Å². The molecule has 0 saturated heterocycles. The third-order valence-corrected chi connectivity index (χ3v) is 3.98. The molecule has 0 aromatic heterocycles. The molecular formula is C17H19NO2. The summed E-state index contributed by atoms with van der Waals surface area (Å²) < 4.78 is 0. The SMILES string of the molecule is Oc1ccc(CNC2CCCc3ccccc32)c(O)c1. The van der Waals surface area contributed by atoms with Crippen molar-refractivity contribution in [3.05, 3.63) is 59.2 Å². The van der Waals surface area contributed by atoms with Gasteiger partial charge in [-0.3, -0.25) is 0 Å². The molecule has 0 amide bonds. The number of aryl methyl sites for hydroxylation is 1. The molecule has 2 aromatic rings. The van der Waals surface area contributed by atoms with Gasteiger partial charge >= 0.3 is 0 Å². The minimum absolute atomic E-state index is 0.0919. The molecule has 3 nitrogen and oxygen atoms in total. The fourth-order valence-electron chi connectivity index (χ4n) is 2.90. The highest BCUT2D eigenvalue weighted by atomic mass is 16.3. The van der Waals surface area contributed by atoms with Crippen LogP contribution >= 0.6 is 0 Å². The van der Waals surface area contributed by atoms with Crippen molar-refractivity contribution in [3.8, 4) is 11.5 Å². The molecule has 0 saturated carbocycles. The zero-order valence-electron chi connectivity index (χ0n) is 11.3. The lowest BCUT2D eigenvalue weighted by Gasteiger charge is -2.26. The van der Waals surface area contributed by atoms with E-state index in [0.29, 0.717) is 12.6 Å². The molecule has 0 heterocycles. The van der Waals surface area contributed by atoms with Crippen LogP contribution in [0.5, 0.6) is 11.5 Å². The molecule has 0 radical (unpaired) electrons. The van der Waals surface area contributed by atoms with Crippen LogP contribution in [0.2, 0.25) is 0 Å². The van der Waals surface area contributed by atoms with E-state index in [1.807, 2.05) is 0 Å². The van der Waals surface area contributed by atoms with Gasteiger partial charge in [0.05, 0.1) is 0 Å². The van der Waals surface area contributed by atoms with E-state index in [1.54, 1.807) is 12.1 Å². The van der Waals surface area contributed by atoms with E-state index >= 15 is 0 Å². The third kappa shape index (κ3) is 2.63. The van der Waals surface area contributed by atoms with E-state index in [0.717, 1.165) is 18.4 Å². The average Bonchev–Trinajstić information content (AvgIpc) is 2.46. The monoisotopic (exact) mass is 269 g/mol. The second-order valence-electron chi connectivity index (χ2n) is 5.34. The van der Waals surface area contributed by atoms with Gasteiger partial charge in [0.15, 0.2) is 0 Å². The number of aromatic hydroxyl groups is 2. The van der Waals surface area contributed by atoms with Crippen LogP contribution in [0.15, 0.2) is 42.5 Å². The highest BCUT2D eigenvalue weighted by Crippen LogP contribution is 2.30. The largest absolute Gasteiger partial charge is 0.508 e. The molecule has 2 aromatic carbocycles. The van der Waals surface area contributed by atoms with E-state index in [1.165, 1.54) is 23.6 Å². The minimum atomic E-state index is 0.0919. The Morgan fingerprint density at radius 3 is 2.80 bits per heavy atom.